The van der Waals surface area contributed by atoms with E-state index in [1.165, 1.54) is 18.9 Å². The average Bonchev–Trinajstić information content (AvgIpc) is 2.98. The van der Waals surface area contributed by atoms with Gasteiger partial charge in [-0.2, -0.15) is 0 Å². The zero-order valence-electron chi connectivity index (χ0n) is 11.3. The number of rotatable bonds is 3. The third-order valence-corrected chi connectivity index (χ3v) is 4.30. The standard InChI is InChI=1S/C15H18N2O3/c1-8(15(19)20)16-14(18)11-6-2-5-10-9-4-3-7-12(9)17-13(10)11/h2,5-6,8-9,12,17H,3-4,7H2,1H3,(H,16,18)(H,19,20). The number of carboxylic acids is 1. The van der Waals surface area contributed by atoms with Crippen LogP contribution in [0.25, 0.3) is 0 Å². The van der Waals surface area contributed by atoms with Crippen LogP contribution in [0.4, 0.5) is 5.69 Å². The molecule has 1 amide bonds. The Morgan fingerprint density at radius 3 is 2.95 bits per heavy atom. The number of hydrogen-bond acceptors (Lipinski definition) is 3. The van der Waals surface area contributed by atoms with Crippen LogP contribution < -0.4 is 10.6 Å². The summed E-state index contributed by atoms with van der Waals surface area (Å²) in [6, 6.07) is 5.23. The predicted octanol–water partition coefficient (Wildman–Crippen LogP) is 1.95. The fraction of sp³-hybridized carbons (Fsp3) is 0.467. The minimum atomic E-state index is -1.03. The molecule has 3 unspecified atom stereocenters. The van der Waals surface area contributed by atoms with Gasteiger partial charge in [0.1, 0.15) is 6.04 Å². The molecule has 5 heteroatoms. The highest BCUT2D eigenvalue weighted by molar-refractivity contribution is 6.02. The molecule has 0 radical (unpaired) electrons. The average molecular weight is 274 g/mol. The van der Waals surface area contributed by atoms with Crippen LogP contribution in [0.3, 0.4) is 0 Å². The number of hydrogen-bond donors (Lipinski definition) is 3. The summed E-state index contributed by atoms with van der Waals surface area (Å²) in [4.78, 5) is 23.1. The van der Waals surface area contributed by atoms with E-state index >= 15 is 0 Å². The number of amides is 1. The van der Waals surface area contributed by atoms with E-state index in [1.807, 2.05) is 6.07 Å². The monoisotopic (exact) mass is 274 g/mol. The van der Waals surface area contributed by atoms with E-state index in [2.05, 4.69) is 16.7 Å². The number of carbonyl (C=O) groups is 2. The van der Waals surface area contributed by atoms with Gasteiger partial charge >= 0.3 is 5.97 Å². The first-order valence-electron chi connectivity index (χ1n) is 7.01. The minimum Gasteiger partial charge on any atom is -0.480 e. The van der Waals surface area contributed by atoms with Crippen LogP contribution >= 0.6 is 0 Å². The fourth-order valence-corrected chi connectivity index (χ4v) is 3.26. The van der Waals surface area contributed by atoms with E-state index in [-0.39, 0.29) is 5.91 Å². The summed E-state index contributed by atoms with van der Waals surface area (Å²) in [5.41, 5.74) is 2.63. The quantitative estimate of drug-likeness (QED) is 0.787. The molecule has 1 saturated carbocycles. The number of benzene rings is 1. The van der Waals surface area contributed by atoms with Gasteiger partial charge in [-0.25, -0.2) is 0 Å². The van der Waals surface area contributed by atoms with Crippen LogP contribution in [0.15, 0.2) is 18.2 Å². The van der Waals surface area contributed by atoms with Gasteiger partial charge < -0.3 is 15.7 Å². The van der Waals surface area contributed by atoms with Gasteiger partial charge in [0.05, 0.1) is 11.3 Å². The number of anilines is 1. The van der Waals surface area contributed by atoms with Crippen molar-refractivity contribution in [2.24, 2.45) is 0 Å². The second-order valence-corrected chi connectivity index (χ2v) is 5.59. The molecule has 1 aromatic carbocycles. The van der Waals surface area contributed by atoms with E-state index in [4.69, 9.17) is 5.11 Å². The smallest absolute Gasteiger partial charge is 0.325 e. The van der Waals surface area contributed by atoms with Gasteiger partial charge in [0.2, 0.25) is 0 Å². The number of para-hydroxylation sites is 1. The lowest BCUT2D eigenvalue weighted by Crippen LogP contribution is -2.38. The fourth-order valence-electron chi connectivity index (χ4n) is 3.26. The van der Waals surface area contributed by atoms with E-state index in [0.717, 1.165) is 18.5 Å². The van der Waals surface area contributed by atoms with Crippen molar-refractivity contribution in [1.82, 2.24) is 5.32 Å². The summed E-state index contributed by atoms with van der Waals surface area (Å²) in [5, 5.41) is 14.8. The molecule has 3 N–H and O–H groups in total. The Labute approximate surface area is 117 Å². The molecular weight excluding hydrogens is 256 g/mol. The number of nitrogens with one attached hydrogen (secondary N) is 2. The van der Waals surface area contributed by atoms with E-state index < -0.39 is 12.0 Å². The molecule has 5 nitrogen and oxygen atoms in total. The maximum Gasteiger partial charge on any atom is 0.325 e. The minimum absolute atomic E-state index is 0.329. The van der Waals surface area contributed by atoms with Crippen LogP contribution in [0.5, 0.6) is 0 Å². The molecule has 1 fully saturated rings. The van der Waals surface area contributed by atoms with Crippen molar-refractivity contribution < 1.29 is 14.7 Å². The van der Waals surface area contributed by atoms with Gasteiger partial charge in [-0.15, -0.1) is 0 Å². The van der Waals surface area contributed by atoms with Gasteiger partial charge in [-0.1, -0.05) is 18.6 Å². The van der Waals surface area contributed by atoms with E-state index in [9.17, 15) is 9.59 Å². The van der Waals surface area contributed by atoms with Crippen LogP contribution in [0, 0.1) is 0 Å². The van der Waals surface area contributed by atoms with Gasteiger partial charge in [0.25, 0.3) is 5.91 Å². The lowest BCUT2D eigenvalue weighted by atomic mass is 9.96. The normalized spacial score (nSPS) is 24.4. The molecule has 1 aliphatic heterocycles. The molecule has 106 valence electrons. The highest BCUT2D eigenvalue weighted by Crippen LogP contribution is 2.46. The molecule has 0 saturated heterocycles. The third kappa shape index (κ3) is 2.03. The molecule has 0 bridgehead atoms. The largest absolute Gasteiger partial charge is 0.480 e. The van der Waals surface area contributed by atoms with Crippen LogP contribution in [-0.4, -0.2) is 29.1 Å². The Morgan fingerprint density at radius 1 is 1.40 bits per heavy atom. The predicted molar refractivity (Wildman–Crippen MR) is 75.0 cm³/mol. The Bertz CT molecular complexity index is 570. The molecule has 1 aliphatic carbocycles. The van der Waals surface area contributed by atoms with Crippen molar-refractivity contribution in [3.05, 3.63) is 29.3 Å². The zero-order valence-corrected chi connectivity index (χ0v) is 11.3. The first-order chi connectivity index (χ1) is 9.58. The molecule has 2 aliphatic rings. The Morgan fingerprint density at radius 2 is 2.20 bits per heavy atom. The third-order valence-electron chi connectivity index (χ3n) is 4.30. The molecule has 1 aromatic rings. The Hall–Kier alpha value is -2.04. The van der Waals surface area contributed by atoms with Crippen molar-refractivity contribution in [1.29, 1.82) is 0 Å². The number of carboxylic acid groups (broad SMARTS) is 1. The lowest BCUT2D eigenvalue weighted by Gasteiger charge is -2.13. The summed E-state index contributed by atoms with van der Waals surface area (Å²) < 4.78 is 0. The number of aliphatic carboxylic acids is 1. The maximum atomic E-state index is 12.2. The Kier molecular flexibility index (Phi) is 3.12. The number of fused-ring (bicyclic) bond motifs is 3. The SMILES string of the molecule is CC(NC(=O)c1cccc2c1NC1CCCC21)C(=O)O. The van der Waals surface area contributed by atoms with Crippen molar-refractivity contribution in [3.8, 4) is 0 Å². The van der Waals surface area contributed by atoms with Crippen molar-refractivity contribution in [3.63, 3.8) is 0 Å². The van der Waals surface area contributed by atoms with Gasteiger partial charge in [0.15, 0.2) is 0 Å². The Balaban J connectivity index is 1.87. The van der Waals surface area contributed by atoms with Crippen LogP contribution in [-0.2, 0) is 4.79 Å². The second kappa shape index (κ2) is 4.81. The van der Waals surface area contributed by atoms with Gasteiger partial charge in [-0.3, -0.25) is 9.59 Å². The lowest BCUT2D eigenvalue weighted by molar-refractivity contribution is -0.138. The van der Waals surface area contributed by atoms with Crippen molar-refractivity contribution in [2.75, 3.05) is 5.32 Å². The summed E-state index contributed by atoms with van der Waals surface area (Å²) >= 11 is 0. The summed E-state index contributed by atoms with van der Waals surface area (Å²) in [5.74, 6) is -0.866. The molecule has 1 heterocycles. The highest BCUT2D eigenvalue weighted by Gasteiger charge is 2.37. The highest BCUT2D eigenvalue weighted by atomic mass is 16.4. The van der Waals surface area contributed by atoms with E-state index in [0.29, 0.717) is 17.5 Å². The first-order valence-corrected chi connectivity index (χ1v) is 7.01. The first kappa shape index (κ1) is 13.0. The summed E-state index contributed by atoms with van der Waals surface area (Å²) in [7, 11) is 0. The van der Waals surface area contributed by atoms with Gasteiger partial charge in [-0.05, 0) is 31.4 Å². The van der Waals surface area contributed by atoms with Crippen molar-refractivity contribution in [2.45, 2.75) is 44.2 Å². The molecule has 3 atom stereocenters. The van der Waals surface area contributed by atoms with Crippen LogP contribution in [0.1, 0.15) is 48.0 Å². The zero-order chi connectivity index (χ0) is 14.3. The molecule has 20 heavy (non-hydrogen) atoms. The maximum absolute atomic E-state index is 12.2. The molecular formula is C15H18N2O3. The van der Waals surface area contributed by atoms with Crippen molar-refractivity contribution >= 4 is 17.6 Å². The number of carbonyl (C=O) groups excluding carboxylic acids is 1. The second-order valence-electron chi connectivity index (χ2n) is 5.59. The summed E-state index contributed by atoms with van der Waals surface area (Å²) in [6.07, 6.45) is 3.50. The topological polar surface area (TPSA) is 78.4 Å². The molecule has 0 aromatic heterocycles. The molecule has 3 rings (SSSR count). The summed E-state index contributed by atoms with van der Waals surface area (Å²) in [6.45, 7) is 1.46. The van der Waals surface area contributed by atoms with E-state index in [1.54, 1.807) is 6.07 Å². The van der Waals surface area contributed by atoms with Gasteiger partial charge in [0, 0.05) is 12.0 Å². The molecule has 0 spiro atoms. The van der Waals surface area contributed by atoms with Crippen LogP contribution in [0.2, 0.25) is 0 Å².